The van der Waals surface area contributed by atoms with Gasteiger partial charge in [-0.05, 0) is 83.3 Å². The Bertz CT molecular complexity index is 1140. The van der Waals surface area contributed by atoms with Crippen LogP contribution >= 0.6 is 34.8 Å². The lowest BCUT2D eigenvalue weighted by molar-refractivity contribution is 0.0977. The van der Waals surface area contributed by atoms with Gasteiger partial charge < -0.3 is 10.3 Å². The molecule has 1 heterocycles. The number of thiocarbonyl (C=S) groups is 1. The van der Waals surface area contributed by atoms with Crippen molar-refractivity contribution in [3.05, 3.63) is 81.9 Å². The van der Waals surface area contributed by atoms with Crippen molar-refractivity contribution in [2.45, 2.75) is 0 Å². The fourth-order valence-electron chi connectivity index (χ4n) is 2.77. The van der Waals surface area contributed by atoms with Crippen molar-refractivity contribution >= 4 is 62.5 Å². The van der Waals surface area contributed by atoms with Crippen molar-refractivity contribution in [3.8, 4) is 11.4 Å². The van der Waals surface area contributed by atoms with Crippen LogP contribution in [0, 0.1) is 3.57 Å². The van der Waals surface area contributed by atoms with Crippen LogP contribution in [0.15, 0.2) is 72.8 Å². The number of carbonyl (C=O) groups is 1. The van der Waals surface area contributed by atoms with Gasteiger partial charge in [-0.2, -0.15) is 0 Å². The maximum absolute atomic E-state index is 12.3. The molecule has 0 atom stereocenters. The van der Waals surface area contributed by atoms with Crippen molar-refractivity contribution < 1.29 is 4.79 Å². The van der Waals surface area contributed by atoms with Crippen molar-refractivity contribution in [3.63, 3.8) is 0 Å². The van der Waals surface area contributed by atoms with Crippen molar-refractivity contribution in [2.24, 2.45) is 0 Å². The van der Waals surface area contributed by atoms with Crippen LogP contribution in [0.4, 0.5) is 5.69 Å². The highest BCUT2D eigenvalue weighted by atomic mass is 127. The molecule has 4 rings (SSSR count). The van der Waals surface area contributed by atoms with Crippen molar-refractivity contribution in [1.29, 1.82) is 0 Å². The number of halogens is 1. The molecule has 0 spiro atoms. The number of hydrogen-bond donors (Lipinski definition) is 3. The summed E-state index contributed by atoms with van der Waals surface area (Å²) in [5, 5.41) is 6.00. The molecule has 0 aliphatic carbocycles. The Morgan fingerprint density at radius 3 is 2.57 bits per heavy atom. The molecule has 0 saturated carbocycles. The van der Waals surface area contributed by atoms with Gasteiger partial charge in [0, 0.05) is 20.4 Å². The molecular weight excluding hydrogens is 483 g/mol. The Labute approximate surface area is 180 Å². The largest absolute Gasteiger partial charge is 0.338 e. The summed E-state index contributed by atoms with van der Waals surface area (Å²) in [6.07, 6.45) is 0. The predicted octanol–water partition coefficient (Wildman–Crippen LogP) is 4.96. The SMILES string of the molecule is O=C(NC(=S)Nc1cccc(-c2nc3ccccc3[nH]2)c1)c1ccc(I)cc1. The molecule has 0 aliphatic heterocycles. The molecule has 4 aromatic rings. The number of para-hydroxylation sites is 2. The lowest BCUT2D eigenvalue weighted by Crippen LogP contribution is -2.34. The smallest absolute Gasteiger partial charge is 0.257 e. The van der Waals surface area contributed by atoms with Crippen molar-refractivity contribution in [1.82, 2.24) is 15.3 Å². The lowest BCUT2D eigenvalue weighted by atomic mass is 10.2. The standard InChI is InChI=1S/C21H15IN4OS/c22-15-10-8-13(9-11-15)20(27)26-21(28)23-16-5-3-4-14(12-16)19-24-17-6-1-2-7-18(17)25-19/h1-12H,(H,24,25)(H2,23,26,27,28). The summed E-state index contributed by atoms with van der Waals surface area (Å²) >= 11 is 7.48. The Hall–Kier alpha value is -2.78. The van der Waals surface area contributed by atoms with E-state index in [2.05, 4.69) is 43.2 Å². The minimum Gasteiger partial charge on any atom is -0.338 e. The van der Waals surface area contributed by atoms with Gasteiger partial charge in [-0.1, -0.05) is 24.3 Å². The number of rotatable bonds is 3. The number of carbonyl (C=O) groups excluding carboxylic acids is 1. The number of aromatic nitrogens is 2. The Balaban J connectivity index is 1.47. The molecule has 138 valence electrons. The first-order valence-corrected chi connectivity index (χ1v) is 10.0. The van der Waals surface area contributed by atoms with E-state index in [9.17, 15) is 4.79 Å². The second-order valence-corrected chi connectivity index (χ2v) is 7.75. The Morgan fingerprint density at radius 2 is 1.79 bits per heavy atom. The highest BCUT2D eigenvalue weighted by Gasteiger charge is 2.09. The number of H-pyrrole nitrogens is 1. The number of anilines is 1. The van der Waals surface area contributed by atoms with E-state index in [-0.39, 0.29) is 11.0 Å². The second kappa shape index (κ2) is 8.07. The number of nitrogens with one attached hydrogen (secondary N) is 3. The number of amides is 1. The lowest BCUT2D eigenvalue weighted by Gasteiger charge is -2.10. The average molecular weight is 498 g/mol. The topological polar surface area (TPSA) is 69.8 Å². The summed E-state index contributed by atoms with van der Waals surface area (Å²) in [7, 11) is 0. The van der Waals surface area contributed by atoms with Crippen LogP contribution in [0.3, 0.4) is 0 Å². The number of aromatic amines is 1. The van der Waals surface area contributed by atoms with Crippen LogP contribution in [0.1, 0.15) is 10.4 Å². The Morgan fingerprint density at radius 1 is 1.00 bits per heavy atom. The minimum atomic E-state index is -0.248. The van der Waals surface area contributed by atoms with E-state index in [0.717, 1.165) is 31.7 Å². The summed E-state index contributed by atoms with van der Waals surface area (Å²) in [4.78, 5) is 20.2. The van der Waals surface area contributed by atoms with Gasteiger partial charge in [0.2, 0.25) is 0 Å². The number of imidazole rings is 1. The summed E-state index contributed by atoms with van der Waals surface area (Å²) in [5.41, 5.74) is 4.15. The molecule has 5 nitrogen and oxygen atoms in total. The highest BCUT2D eigenvalue weighted by molar-refractivity contribution is 14.1. The first kappa shape index (κ1) is 18.6. The van der Waals surface area contributed by atoms with Gasteiger partial charge in [-0.3, -0.25) is 10.1 Å². The molecule has 0 unspecified atom stereocenters. The summed E-state index contributed by atoms with van der Waals surface area (Å²) < 4.78 is 1.07. The minimum absolute atomic E-state index is 0.241. The molecule has 0 fully saturated rings. The van der Waals surface area contributed by atoms with Crippen molar-refractivity contribution in [2.75, 3.05) is 5.32 Å². The third-order valence-electron chi connectivity index (χ3n) is 4.12. The number of hydrogen-bond acceptors (Lipinski definition) is 3. The molecule has 3 aromatic carbocycles. The van der Waals surface area contributed by atoms with Gasteiger partial charge in [-0.25, -0.2) is 4.98 Å². The van der Waals surface area contributed by atoms with Crippen LogP contribution in [0.5, 0.6) is 0 Å². The van der Waals surface area contributed by atoms with E-state index in [0.29, 0.717) is 5.56 Å². The third-order valence-corrected chi connectivity index (χ3v) is 5.04. The third kappa shape index (κ3) is 4.20. The second-order valence-electron chi connectivity index (χ2n) is 6.10. The summed E-state index contributed by atoms with van der Waals surface area (Å²) in [6.45, 7) is 0. The first-order chi connectivity index (χ1) is 13.6. The molecule has 1 amide bonds. The van der Waals surface area contributed by atoms with E-state index < -0.39 is 0 Å². The predicted molar refractivity (Wildman–Crippen MR) is 124 cm³/mol. The molecule has 7 heteroatoms. The van der Waals surface area contributed by atoms with Crippen LogP contribution in [0.2, 0.25) is 0 Å². The van der Waals surface area contributed by atoms with Gasteiger partial charge in [0.15, 0.2) is 5.11 Å². The number of nitrogens with zero attached hydrogens (tertiary/aromatic N) is 1. The number of benzene rings is 3. The molecule has 0 bridgehead atoms. The normalized spacial score (nSPS) is 10.6. The molecule has 0 saturated heterocycles. The van der Waals surface area contributed by atoms with E-state index in [1.165, 1.54) is 0 Å². The van der Waals surface area contributed by atoms with E-state index in [1.54, 1.807) is 12.1 Å². The summed E-state index contributed by atoms with van der Waals surface area (Å²) in [5.74, 6) is 0.529. The quantitative estimate of drug-likeness (QED) is 0.276. The van der Waals surface area contributed by atoms with E-state index in [4.69, 9.17) is 12.2 Å². The van der Waals surface area contributed by atoms with Gasteiger partial charge in [0.1, 0.15) is 5.82 Å². The maximum atomic E-state index is 12.3. The van der Waals surface area contributed by atoms with E-state index in [1.807, 2.05) is 60.7 Å². The molecule has 28 heavy (non-hydrogen) atoms. The molecule has 0 aliphatic rings. The van der Waals surface area contributed by atoms with Crippen LogP contribution < -0.4 is 10.6 Å². The summed E-state index contributed by atoms with van der Waals surface area (Å²) in [6, 6.07) is 22.9. The highest BCUT2D eigenvalue weighted by Crippen LogP contribution is 2.23. The van der Waals surface area contributed by atoms with Gasteiger partial charge in [-0.15, -0.1) is 0 Å². The van der Waals surface area contributed by atoms with Gasteiger partial charge >= 0.3 is 0 Å². The molecule has 3 N–H and O–H groups in total. The monoisotopic (exact) mass is 498 g/mol. The zero-order valence-electron chi connectivity index (χ0n) is 14.6. The first-order valence-electron chi connectivity index (χ1n) is 8.51. The van der Waals surface area contributed by atoms with Gasteiger partial charge in [0.25, 0.3) is 5.91 Å². The van der Waals surface area contributed by atoms with Crippen LogP contribution in [0.25, 0.3) is 22.4 Å². The molecule has 1 aromatic heterocycles. The average Bonchev–Trinajstić information content (AvgIpc) is 3.13. The zero-order valence-corrected chi connectivity index (χ0v) is 17.5. The molecular formula is C21H15IN4OS. The fourth-order valence-corrected chi connectivity index (χ4v) is 3.34. The fraction of sp³-hybridized carbons (Fsp3) is 0. The molecule has 0 radical (unpaired) electrons. The van der Waals surface area contributed by atoms with Gasteiger partial charge in [0.05, 0.1) is 11.0 Å². The zero-order chi connectivity index (χ0) is 19.5. The number of fused-ring (bicyclic) bond motifs is 1. The van der Waals surface area contributed by atoms with E-state index >= 15 is 0 Å². The maximum Gasteiger partial charge on any atom is 0.257 e. The Kier molecular flexibility index (Phi) is 5.36. The van der Waals surface area contributed by atoms with Crippen LogP contribution in [-0.4, -0.2) is 21.0 Å². The van der Waals surface area contributed by atoms with Crippen LogP contribution in [-0.2, 0) is 0 Å².